The molecule has 1 aromatic heterocycles. The molecule has 2 rings (SSSR count). The molecule has 0 radical (unpaired) electrons. The van der Waals surface area contributed by atoms with E-state index in [1.807, 2.05) is 13.0 Å². The molecular weight excluding hydrogens is 266 g/mol. The maximum absolute atomic E-state index is 7.56. The second kappa shape index (κ2) is 6.09. The molecule has 0 bridgehead atoms. The van der Waals surface area contributed by atoms with Crippen molar-refractivity contribution >= 4 is 22.9 Å². The minimum atomic E-state index is 0.128. The number of anilines is 1. The molecule has 0 atom stereocenters. The lowest BCUT2D eigenvalue weighted by atomic mass is 10.1. The van der Waals surface area contributed by atoms with Crippen molar-refractivity contribution in [3.63, 3.8) is 0 Å². The van der Waals surface area contributed by atoms with Crippen molar-refractivity contribution in [3.05, 3.63) is 51.7 Å². The van der Waals surface area contributed by atoms with E-state index in [1.165, 1.54) is 10.6 Å². The van der Waals surface area contributed by atoms with Crippen molar-refractivity contribution in [2.45, 2.75) is 33.4 Å². The van der Waals surface area contributed by atoms with E-state index in [4.69, 9.17) is 11.1 Å². The highest BCUT2D eigenvalue weighted by atomic mass is 32.1. The molecule has 106 valence electrons. The normalized spacial score (nSPS) is 10.8. The van der Waals surface area contributed by atoms with Gasteiger partial charge in [-0.1, -0.05) is 6.07 Å². The zero-order chi connectivity index (χ0) is 14.7. The summed E-state index contributed by atoms with van der Waals surface area (Å²) in [6.07, 6.45) is 0. The quantitative estimate of drug-likeness (QED) is 0.650. The Labute approximate surface area is 124 Å². The molecule has 2 aromatic rings. The van der Waals surface area contributed by atoms with Crippen LogP contribution in [-0.4, -0.2) is 11.9 Å². The van der Waals surface area contributed by atoms with E-state index in [9.17, 15) is 0 Å². The van der Waals surface area contributed by atoms with E-state index in [0.717, 1.165) is 17.7 Å². The second-order valence-corrected chi connectivity index (χ2v) is 6.25. The Kier molecular flexibility index (Phi) is 4.45. The summed E-state index contributed by atoms with van der Waals surface area (Å²) in [5.74, 6) is 0.128. The summed E-state index contributed by atoms with van der Waals surface area (Å²) in [6, 6.07) is 10.8. The summed E-state index contributed by atoms with van der Waals surface area (Å²) in [7, 11) is 0. The van der Waals surface area contributed by atoms with Gasteiger partial charge in [-0.3, -0.25) is 5.41 Å². The first-order chi connectivity index (χ1) is 9.49. The Balaban J connectivity index is 2.30. The maximum Gasteiger partial charge on any atom is 0.123 e. The van der Waals surface area contributed by atoms with Gasteiger partial charge in [0.1, 0.15) is 5.84 Å². The van der Waals surface area contributed by atoms with Crippen molar-refractivity contribution in [2.75, 3.05) is 4.90 Å². The summed E-state index contributed by atoms with van der Waals surface area (Å²) in [4.78, 5) is 3.72. The fourth-order valence-electron chi connectivity index (χ4n) is 2.27. The van der Waals surface area contributed by atoms with Gasteiger partial charge in [0.2, 0.25) is 0 Å². The minimum Gasteiger partial charge on any atom is -0.384 e. The van der Waals surface area contributed by atoms with Crippen molar-refractivity contribution in [1.82, 2.24) is 0 Å². The summed E-state index contributed by atoms with van der Waals surface area (Å²) in [5.41, 5.74) is 8.62. The molecule has 0 amide bonds. The molecule has 0 aliphatic heterocycles. The monoisotopic (exact) mass is 287 g/mol. The van der Waals surface area contributed by atoms with Crippen molar-refractivity contribution in [1.29, 1.82) is 5.41 Å². The molecule has 0 spiro atoms. The van der Waals surface area contributed by atoms with Crippen molar-refractivity contribution in [2.24, 2.45) is 5.73 Å². The fourth-order valence-corrected chi connectivity index (χ4v) is 2.97. The van der Waals surface area contributed by atoms with Gasteiger partial charge in [0, 0.05) is 22.2 Å². The van der Waals surface area contributed by atoms with E-state index < -0.39 is 0 Å². The predicted octanol–water partition coefficient (Wildman–Crippen LogP) is 3.76. The summed E-state index contributed by atoms with van der Waals surface area (Å²) in [6.45, 7) is 7.31. The van der Waals surface area contributed by atoms with Gasteiger partial charge in [-0.05, 0) is 56.0 Å². The van der Waals surface area contributed by atoms with Crippen LogP contribution in [0.25, 0.3) is 0 Å². The van der Waals surface area contributed by atoms with Crippen LogP contribution in [0.4, 0.5) is 5.69 Å². The van der Waals surface area contributed by atoms with Crippen LogP contribution in [0.2, 0.25) is 0 Å². The molecule has 0 saturated carbocycles. The summed E-state index contributed by atoms with van der Waals surface area (Å²) >= 11 is 1.78. The van der Waals surface area contributed by atoms with Gasteiger partial charge in [-0.2, -0.15) is 0 Å². The number of nitrogens with two attached hydrogens (primary N) is 1. The van der Waals surface area contributed by atoms with Crippen LogP contribution in [0.15, 0.2) is 35.7 Å². The van der Waals surface area contributed by atoms with E-state index in [1.54, 1.807) is 11.3 Å². The third-order valence-electron chi connectivity index (χ3n) is 3.36. The number of amidine groups is 1. The Morgan fingerprint density at radius 1 is 1.35 bits per heavy atom. The minimum absolute atomic E-state index is 0.128. The first-order valence-corrected chi connectivity index (χ1v) is 7.61. The SMILES string of the molecule is Cc1cc(N(Cc2cccs2)C(C)C)ccc1C(=N)N. The number of nitrogens with one attached hydrogen (secondary N) is 1. The fraction of sp³-hybridized carbons (Fsp3) is 0.312. The smallest absolute Gasteiger partial charge is 0.123 e. The average Bonchev–Trinajstić information content (AvgIpc) is 2.87. The second-order valence-electron chi connectivity index (χ2n) is 5.21. The molecule has 0 aliphatic rings. The predicted molar refractivity (Wildman–Crippen MR) is 87.8 cm³/mol. The van der Waals surface area contributed by atoms with Crippen molar-refractivity contribution < 1.29 is 0 Å². The topological polar surface area (TPSA) is 53.1 Å². The Morgan fingerprint density at radius 3 is 2.60 bits per heavy atom. The van der Waals surface area contributed by atoms with E-state index in [0.29, 0.717) is 6.04 Å². The third-order valence-corrected chi connectivity index (χ3v) is 4.22. The number of nitrogen functional groups attached to an aromatic ring is 1. The molecule has 3 N–H and O–H groups in total. The number of thiophene rings is 1. The Morgan fingerprint density at radius 2 is 2.10 bits per heavy atom. The van der Waals surface area contributed by atoms with Gasteiger partial charge < -0.3 is 10.6 Å². The first kappa shape index (κ1) is 14.6. The number of benzene rings is 1. The van der Waals surface area contributed by atoms with Crippen LogP contribution in [0.1, 0.15) is 29.9 Å². The molecule has 1 heterocycles. The Hall–Kier alpha value is -1.81. The van der Waals surface area contributed by atoms with E-state index >= 15 is 0 Å². The molecule has 1 aromatic carbocycles. The zero-order valence-electron chi connectivity index (χ0n) is 12.2. The first-order valence-electron chi connectivity index (χ1n) is 6.73. The number of hydrogen-bond acceptors (Lipinski definition) is 3. The number of nitrogens with zero attached hydrogens (tertiary/aromatic N) is 1. The molecule has 0 unspecified atom stereocenters. The highest BCUT2D eigenvalue weighted by molar-refractivity contribution is 7.09. The lowest BCUT2D eigenvalue weighted by molar-refractivity contribution is 0.687. The molecular formula is C16H21N3S. The van der Waals surface area contributed by atoms with E-state index in [2.05, 4.69) is 48.4 Å². The largest absolute Gasteiger partial charge is 0.384 e. The standard InChI is InChI=1S/C16H21N3S/c1-11(2)19(10-14-5-4-8-20-14)13-6-7-15(16(17)18)12(3)9-13/h4-9,11H,10H2,1-3H3,(H3,17,18). The number of aryl methyl sites for hydroxylation is 1. The Bertz CT molecular complexity index is 588. The van der Waals surface area contributed by atoms with Gasteiger partial charge >= 0.3 is 0 Å². The van der Waals surface area contributed by atoms with E-state index in [-0.39, 0.29) is 5.84 Å². The summed E-state index contributed by atoms with van der Waals surface area (Å²) in [5, 5.41) is 9.67. The van der Waals surface area contributed by atoms with Crippen LogP contribution in [0.5, 0.6) is 0 Å². The van der Waals surface area contributed by atoms with Gasteiger partial charge in [-0.25, -0.2) is 0 Å². The van der Waals surface area contributed by atoms with Gasteiger partial charge in [0.25, 0.3) is 0 Å². The summed E-state index contributed by atoms with van der Waals surface area (Å²) < 4.78 is 0. The van der Waals surface area contributed by atoms with Crippen LogP contribution in [-0.2, 0) is 6.54 Å². The van der Waals surface area contributed by atoms with Crippen LogP contribution >= 0.6 is 11.3 Å². The molecule has 4 heteroatoms. The highest BCUT2D eigenvalue weighted by Gasteiger charge is 2.13. The maximum atomic E-state index is 7.56. The average molecular weight is 287 g/mol. The molecule has 0 aliphatic carbocycles. The van der Waals surface area contributed by atoms with Crippen LogP contribution in [0, 0.1) is 12.3 Å². The van der Waals surface area contributed by atoms with Crippen molar-refractivity contribution in [3.8, 4) is 0 Å². The van der Waals surface area contributed by atoms with Crippen LogP contribution < -0.4 is 10.6 Å². The third kappa shape index (κ3) is 3.20. The van der Waals surface area contributed by atoms with Gasteiger partial charge in [0.15, 0.2) is 0 Å². The number of hydrogen-bond donors (Lipinski definition) is 2. The molecule has 20 heavy (non-hydrogen) atoms. The van der Waals surface area contributed by atoms with Crippen LogP contribution in [0.3, 0.4) is 0 Å². The lowest BCUT2D eigenvalue weighted by Crippen LogP contribution is -2.30. The lowest BCUT2D eigenvalue weighted by Gasteiger charge is -2.29. The van der Waals surface area contributed by atoms with Gasteiger partial charge in [0.05, 0.1) is 6.54 Å². The zero-order valence-corrected chi connectivity index (χ0v) is 13.0. The molecule has 0 fully saturated rings. The number of rotatable bonds is 5. The highest BCUT2D eigenvalue weighted by Crippen LogP contribution is 2.24. The van der Waals surface area contributed by atoms with Gasteiger partial charge in [-0.15, -0.1) is 11.3 Å². The molecule has 0 saturated heterocycles. The molecule has 3 nitrogen and oxygen atoms in total.